The van der Waals surface area contributed by atoms with Gasteiger partial charge in [-0.25, -0.2) is 0 Å². The second kappa shape index (κ2) is 8.98. The Morgan fingerprint density at radius 1 is 0.472 bits per heavy atom. The van der Waals surface area contributed by atoms with Gasteiger partial charge in [-0.05, 0) is 51.3 Å². The van der Waals surface area contributed by atoms with Crippen molar-refractivity contribution in [1.82, 2.24) is 15.0 Å². The summed E-state index contributed by atoms with van der Waals surface area (Å²) in [6.07, 6.45) is 5.46. The molecule has 0 atom stereocenters. The molecular weight excluding hydrogens is 438 g/mol. The number of rotatable bonds is 3. The maximum Gasteiger partial charge on any atom is 0.0971 e. The summed E-state index contributed by atoms with van der Waals surface area (Å²) in [5.74, 6) is 0. The summed E-state index contributed by atoms with van der Waals surface area (Å²) in [5, 5.41) is 0. The fourth-order valence-corrected chi connectivity index (χ4v) is 4.58. The lowest BCUT2D eigenvalue weighted by atomic mass is 9.85. The zero-order chi connectivity index (χ0) is 25.5. The zero-order valence-corrected chi connectivity index (χ0v) is 22.0. The van der Waals surface area contributed by atoms with Crippen LogP contribution in [0, 0.1) is 0 Å². The Labute approximate surface area is 214 Å². The lowest BCUT2D eigenvalue weighted by Gasteiger charge is -2.20. The van der Waals surface area contributed by atoms with Crippen LogP contribution in [0.2, 0.25) is 0 Å². The molecule has 0 radical (unpaired) electrons. The normalized spacial score (nSPS) is 12.2. The largest absolute Gasteiger partial charge is 0.256 e. The molecule has 3 heteroatoms. The molecular formula is C33H33N3. The van der Waals surface area contributed by atoms with Crippen LogP contribution in [0.1, 0.15) is 52.7 Å². The highest BCUT2D eigenvalue weighted by atomic mass is 14.8. The van der Waals surface area contributed by atoms with Gasteiger partial charge in [0.1, 0.15) is 0 Å². The molecule has 0 fully saturated rings. The molecule has 0 saturated heterocycles. The second-order valence-corrected chi connectivity index (χ2v) is 11.5. The average molecular weight is 472 g/mol. The first-order valence-corrected chi connectivity index (χ1v) is 12.5. The Hall–Kier alpha value is -3.85. The standard InChI is InChI=1S/C33H33N3/c1-32(2,3)25-12-8-10-23(20-25)28-14-13-27(30-31(28)36-18-17-35-30)22-9-7-11-24(19-22)29-21-26(15-16-34-29)33(4,5)6/h7-21H,1-6H3. The minimum absolute atomic E-state index is 0.0707. The lowest BCUT2D eigenvalue weighted by molar-refractivity contribution is 0.589. The van der Waals surface area contributed by atoms with Crippen LogP contribution in [-0.4, -0.2) is 15.0 Å². The third-order valence-corrected chi connectivity index (χ3v) is 6.76. The molecule has 0 aliphatic heterocycles. The maximum atomic E-state index is 4.79. The summed E-state index contributed by atoms with van der Waals surface area (Å²) in [7, 11) is 0. The van der Waals surface area contributed by atoms with Crippen LogP contribution < -0.4 is 0 Å². The molecule has 0 saturated carbocycles. The van der Waals surface area contributed by atoms with Gasteiger partial charge in [0.25, 0.3) is 0 Å². The zero-order valence-electron chi connectivity index (χ0n) is 22.0. The fourth-order valence-electron chi connectivity index (χ4n) is 4.58. The number of hydrogen-bond donors (Lipinski definition) is 0. The van der Waals surface area contributed by atoms with E-state index in [0.29, 0.717) is 0 Å². The van der Waals surface area contributed by atoms with Gasteiger partial charge in [0, 0.05) is 35.3 Å². The van der Waals surface area contributed by atoms with Gasteiger partial charge in [0.15, 0.2) is 0 Å². The summed E-state index contributed by atoms with van der Waals surface area (Å²) in [4.78, 5) is 14.2. The highest BCUT2D eigenvalue weighted by Crippen LogP contribution is 2.36. The third kappa shape index (κ3) is 4.66. The topological polar surface area (TPSA) is 38.7 Å². The fraction of sp³-hybridized carbons (Fsp3) is 0.242. The van der Waals surface area contributed by atoms with Gasteiger partial charge in [-0.2, -0.15) is 0 Å². The molecule has 5 rings (SSSR count). The second-order valence-electron chi connectivity index (χ2n) is 11.5. The molecule has 0 spiro atoms. The highest BCUT2D eigenvalue weighted by molar-refractivity contribution is 6.00. The van der Waals surface area contributed by atoms with Gasteiger partial charge in [0.05, 0.1) is 16.7 Å². The summed E-state index contributed by atoms with van der Waals surface area (Å²) in [6, 6.07) is 26.0. The smallest absolute Gasteiger partial charge is 0.0971 e. The van der Waals surface area contributed by atoms with Crippen molar-refractivity contribution in [1.29, 1.82) is 0 Å². The molecule has 2 aromatic heterocycles. The van der Waals surface area contributed by atoms with Crippen LogP contribution in [0.15, 0.2) is 91.4 Å². The van der Waals surface area contributed by atoms with Crippen LogP contribution in [0.25, 0.3) is 44.5 Å². The minimum Gasteiger partial charge on any atom is -0.256 e. The summed E-state index contributed by atoms with van der Waals surface area (Å²) in [5.41, 5.74) is 11.1. The monoisotopic (exact) mass is 471 g/mol. The van der Waals surface area contributed by atoms with E-state index in [-0.39, 0.29) is 10.8 Å². The van der Waals surface area contributed by atoms with E-state index in [2.05, 4.69) is 119 Å². The van der Waals surface area contributed by atoms with Crippen LogP contribution in [0.3, 0.4) is 0 Å². The predicted octanol–water partition coefficient (Wildman–Crippen LogP) is 8.62. The van der Waals surface area contributed by atoms with Gasteiger partial charge in [0.2, 0.25) is 0 Å². The van der Waals surface area contributed by atoms with Crippen molar-refractivity contribution in [2.45, 2.75) is 52.4 Å². The molecule has 3 aromatic carbocycles. The maximum absolute atomic E-state index is 4.79. The molecule has 0 N–H and O–H groups in total. The number of aromatic nitrogens is 3. The molecule has 36 heavy (non-hydrogen) atoms. The van der Waals surface area contributed by atoms with Gasteiger partial charge in [-0.15, -0.1) is 0 Å². The van der Waals surface area contributed by atoms with Gasteiger partial charge >= 0.3 is 0 Å². The average Bonchev–Trinajstić information content (AvgIpc) is 2.87. The van der Waals surface area contributed by atoms with Crippen LogP contribution in [0.4, 0.5) is 0 Å². The van der Waals surface area contributed by atoms with Crippen molar-refractivity contribution in [2.75, 3.05) is 0 Å². The van der Waals surface area contributed by atoms with Crippen molar-refractivity contribution < 1.29 is 0 Å². The Morgan fingerprint density at radius 2 is 1.00 bits per heavy atom. The van der Waals surface area contributed by atoms with Crippen LogP contribution in [0.5, 0.6) is 0 Å². The first kappa shape index (κ1) is 23.9. The molecule has 180 valence electrons. The van der Waals surface area contributed by atoms with Crippen LogP contribution >= 0.6 is 0 Å². The van der Waals surface area contributed by atoms with Crippen molar-refractivity contribution >= 4 is 11.0 Å². The SMILES string of the molecule is CC(C)(C)c1cccc(-c2ccc(-c3cccc(-c4cc(C(C)(C)C)ccn4)c3)c3nccnc23)c1. The van der Waals surface area contributed by atoms with Crippen molar-refractivity contribution in [3.63, 3.8) is 0 Å². The Bertz CT molecular complexity index is 1550. The first-order valence-electron chi connectivity index (χ1n) is 12.5. The van der Waals surface area contributed by atoms with Crippen molar-refractivity contribution in [2.24, 2.45) is 0 Å². The van der Waals surface area contributed by atoms with E-state index < -0.39 is 0 Å². The first-order chi connectivity index (χ1) is 17.1. The molecule has 0 aliphatic rings. The Balaban J connectivity index is 1.62. The van der Waals surface area contributed by atoms with Crippen molar-refractivity contribution in [3.8, 4) is 33.5 Å². The van der Waals surface area contributed by atoms with E-state index in [9.17, 15) is 0 Å². The quantitative estimate of drug-likeness (QED) is 0.264. The number of fused-ring (bicyclic) bond motifs is 1. The van der Waals surface area contributed by atoms with Gasteiger partial charge < -0.3 is 0 Å². The summed E-state index contributed by atoms with van der Waals surface area (Å²) in [6.45, 7) is 13.4. The van der Waals surface area contributed by atoms with Crippen molar-refractivity contribution in [3.05, 3.63) is 103 Å². The van der Waals surface area contributed by atoms with Crippen LogP contribution in [-0.2, 0) is 10.8 Å². The van der Waals surface area contributed by atoms with Gasteiger partial charge in [-0.3, -0.25) is 15.0 Å². The molecule has 0 aliphatic carbocycles. The molecule has 0 amide bonds. The highest BCUT2D eigenvalue weighted by Gasteiger charge is 2.18. The van der Waals surface area contributed by atoms with Gasteiger partial charge in [-0.1, -0.05) is 96.1 Å². The summed E-state index contributed by atoms with van der Waals surface area (Å²) >= 11 is 0. The summed E-state index contributed by atoms with van der Waals surface area (Å²) < 4.78 is 0. The molecule has 3 nitrogen and oxygen atoms in total. The van der Waals surface area contributed by atoms with E-state index >= 15 is 0 Å². The molecule has 0 bridgehead atoms. The van der Waals surface area contributed by atoms with E-state index in [1.165, 1.54) is 11.1 Å². The number of pyridine rings is 1. The van der Waals surface area contributed by atoms with E-state index in [1.807, 2.05) is 6.20 Å². The number of nitrogens with zero attached hydrogens (tertiary/aromatic N) is 3. The van der Waals surface area contributed by atoms with E-state index in [4.69, 9.17) is 9.97 Å². The Kier molecular flexibility index (Phi) is 5.96. The van der Waals surface area contributed by atoms with E-state index in [1.54, 1.807) is 12.4 Å². The Morgan fingerprint density at radius 3 is 1.61 bits per heavy atom. The minimum atomic E-state index is 0.0707. The van der Waals surface area contributed by atoms with E-state index in [0.717, 1.165) is 44.5 Å². The third-order valence-electron chi connectivity index (χ3n) is 6.76. The molecule has 0 unspecified atom stereocenters. The molecule has 5 aromatic rings. The number of benzene rings is 3. The number of hydrogen-bond acceptors (Lipinski definition) is 3. The molecule has 2 heterocycles. The lowest BCUT2D eigenvalue weighted by Crippen LogP contribution is -2.11. The predicted molar refractivity (Wildman–Crippen MR) is 151 cm³/mol.